The smallest absolute Gasteiger partial charge is 0.251 e. The highest BCUT2D eigenvalue weighted by Gasteiger charge is 2.28. The zero-order chi connectivity index (χ0) is 24.2. The number of carbonyl (C=O) groups excluding carboxylic acids is 3. The second kappa shape index (κ2) is 9.77. The highest BCUT2D eigenvalue weighted by Crippen LogP contribution is 2.24. The van der Waals surface area contributed by atoms with E-state index < -0.39 is 0 Å². The van der Waals surface area contributed by atoms with Crippen LogP contribution in [0.2, 0.25) is 0 Å². The second-order valence-corrected chi connectivity index (χ2v) is 8.40. The van der Waals surface area contributed by atoms with Gasteiger partial charge in [0.15, 0.2) is 0 Å². The van der Waals surface area contributed by atoms with Gasteiger partial charge in [0.05, 0.1) is 17.9 Å². The summed E-state index contributed by atoms with van der Waals surface area (Å²) >= 11 is 0. The van der Waals surface area contributed by atoms with Gasteiger partial charge in [-0.15, -0.1) is 0 Å². The highest BCUT2D eigenvalue weighted by molar-refractivity contribution is 6.01. The summed E-state index contributed by atoms with van der Waals surface area (Å²) in [5.41, 5.74) is 4.93. The van der Waals surface area contributed by atoms with Crippen LogP contribution in [0.1, 0.15) is 34.3 Å². The molecule has 1 aliphatic heterocycles. The van der Waals surface area contributed by atoms with Crippen molar-refractivity contribution in [2.75, 3.05) is 0 Å². The fourth-order valence-corrected chi connectivity index (χ4v) is 4.11. The topological polar surface area (TPSA) is 84.3 Å². The molecule has 1 fully saturated rings. The lowest BCUT2D eigenvalue weighted by atomic mass is 10.1. The van der Waals surface area contributed by atoms with Gasteiger partial charge < -0.3 is 5.32 Å². The molecule has 174 valence electrons. The van der Waals surface area contributed by atoms with Crippen molar-refractivity contribution in [3.05, 3.63) is 108 Å². The first-order valence-electron chi connectivity index (χ1n) is 11.5. The summed E-state index contributed by atoms with van der Waals surface area (Å²) in [6.07, 6.45) is 2.47. The molecule has 1 aromatic heterocycles. The van der Waals surface area contributed by atoms with E-state index in [9.17, 15) is 14.4 Å². The number of benzene rings is 3. The van der Waals surface area contributed by atoms with Crippen LogP contribution < -0.4 is 5.32 Å². The van der Waals surface area contributed by atoms with Crippen LogP contribution in [0.25, 0.3) is 16.9 Å². The average Bonchev–Trinajstić information content (AvgIpc) is 3.47. The predicted octanol–water partition coefficient (Wildman–Crippen LogP) is 4.12. The Bertz CT molecular complexity index is 1350. The fraction of sp³-hybridized carbons (Fsp3) is 0.143. The summed E-state index contributed by atoms with van der Waals surface area (Å²) in [5, 5.41) is 7.77. The molecule has 0 radical (unpaired) electrons. The number of hydrogen-bond acceptors (Lipinski definition) is 4. The summed E-state index contributed by atoms with van der Waals surface area (Å²) in [6.45, 7) is 0.549. The zero-order valence-corrected chi connectivity index (χ0v) is 19.1. The predicted molar refractivity (Wildman–Crippen MR) is 131 cm³/mol. The molecule has 0 atom stereocenters. The average molecular weight is 465 g/mol. The molecule has 3 aromatic carbocycles. The van der Waals surface area contributed by atoms with Crippen molar-refractivity contribution < 1.29 is 14.4 Å². The first-order chi connectivity index (χ1) is 17.1. The molecule has 0 bridgehead atoms. The molecule has 0 spiro atoms. The Morgan fingerprint density at radius 2 is 1.46 bits per heavy atom. The van der Waals surface area contributed by atoms with Gasteiger partial charge in [-0.05, 0) is 29.8 Å². The third-order valence-corrected chi connectivity index (χ3v) is 6.01. The molecule has 0 aliphatic carbocycles. The maximum absolute atomic E-state index is 12.8. The van der Waals surface area contributed by atoms with E-state index in [1.165, 1.54) is 4.90 Å². The third kappa shape index (κ3) is 4.89. The van der Waals surface area contributed by atoms with Crippen LogP contribution >= 0.6 is 0 Å². The normalized spacial score (nSPS) is 13.3. The van der Waals surface area contributed by atoms with Gasteiger partial charge in [-0.3, -0.25) is 19.3 Å². The summed E-state index contributed by atoms with van der Waals surface area (Å²) in [4.78, 5) is 37.8. The SMILES string of the molecule is O=C(NCc1cn(-c2ccccc2)nc1-c1ccccc1)c1ccc(CN2C(=O)CCC2=O)cc1. The van der Waals surface area contributed by atoms with E-state index in [1.807, 2.05) is 71.5 Å². The first kappa shape index (κ1) is 22.3. The van der Waals surface area contributed by atoms with Gasteiger partial charge in [0, 0.05) is 42.3 Å². The molecular formula is C28H24N4O3. The van der Waals surface area contributed by atoms with Crippen LogP contribution in [0.15, 0.2) is 91.1 Å². The number of aromatic nitrogens is 2. The molecule has 7 heteroatoms. The fourth-order valence-electron chi connectivity index (χ4n) is 4.11. The van der Waals surface area contributed by atoms with E-state index >= 15 is 0 Å². The quantitative estimate of drug-likeness (QED) is 0.417. The van der Waals surface area contributed by atoms with E-state index in [0.29, 0.717) is 12.1 Å². The van der Waals surface area contributed by atoms with E-state index in [0.717, 1.165) is 28.1 Å². The van der Waals surface area contributed by atoms with Crippen molar-refractivity contribution in [3.63, 3.8) is 0 Å². The lowest BCUT2D eigenvalue weighted by molar-refractivity contribution is -0.139. The van der Waals surface area contributed by atoms with Crippen molar-refractivity contribution in [1.29, 1.82) is 0 Å². The maximum atomic E-state index is 12.8. The molecule has 1 aliphatic rings. The van der Waals surface area contributed by atoms with Crippen molar-refractivity contribution in [2.24, 2.45) is 0 Å². The highest BCUT2D eigenvalue weighted by atomic mass is 16.2. The van der Waals surface area contributed by atoms with Crippen LogP contribution in [0.3, 0.4) is 0 Å². The molecule has 0 unspecified atom stereocenters. The minimum atomic E-state index is -0.212. The van der Waals surface area contributed by atoms with Crippen molar-refractivity contribution >= 4 is 17.7 Å². The zero-order valence-electron chi connectivity index (χ0n) is 19.1. The van der Waals surface area contributed by atoms with E-state index in [-0.39, 0.29) is 37.1 Å². The molecule has 1 N–H and O–H groups in total. The Hall–Kier alpha value is -4.52. The number of nitrogens with zero attached hydrogens (tertiary/aromatic N) is 3. The minimum Gasteiger partial charge on any atom is -0.348 e. The molecule has 2 heterocycles. The number of para-hydroxylation sites is 1. The Morgan fingerprint density at radius 1 is 0.829 bits per heavy atom. The molecule has 4 aromatic rings. The molecule has 5 rings (SSSR count). The van der Waals surface area contributed by atoms with Gasteiger partial charge >= 0.3 is 0 Å². The standard InChI is InChI=1S/C28H24N4O3/c33-25-15-16-26(34)31(25)18-20-11-13-22(14-12-20)28(35)29-17-23-19-32(24-9-5-2-6-10-24)30-27(23)21-7-3-1-4-8-21/h1-14,19H,15-18H2,(H,29,35). The molecule has 0 saturated carbocycles. The van der Waals surface area contributed by atoms with Crippen molar-refractivity contribution in [2.45, 2.75) is 25.9 Å². The number of imide groups is 1. The Kier molecular flexibility index (Phi) is 6.22. The van der Waals surface area contributed by atoms with Crippen LogP contribution in [0, 0.1) is 0 Å². The largest absolute Gasteiger partial charge is 0.348 e. The molecule has 1 saturated heterocycles. The summed E-state index contributed by atoms with van der Waals surface area (Å²) in [6, 6.07) is 26.7. The van der Waals surface area contributed by atoms with Gasteiger partial charge in [0.2, 0.25) is 11.8 Å². The van der Waals surface area contributed by atoms with Crippen LogP contribution in [-0.4, -0.2) is 32.4 Å². The monoisotopic (exact) mass is 464 g/mol. The number of rotatable bonds is 7. The summed E-state index contributed by atoms with van der Waals surface area (Å²) in [5.74, 6) is -0.513. The number of carbonyl (C=O) groups is 3. The number of amides is 3. The van der Waals surface area contributed by atoms with Gasteiger partial charge in [-0.2, -0.15) is 5.10 Å². The minimum absolute atomic E-state index is 0.151. The van der Waals surface area contributed by atoms with E-state index in [1.54, 1.807) is 24.3 Å². The summed E-state index contributed by atoms with van der Waals surface area (Å²) in [7, 11) is 0. The van der Waals surface area contributed by atoms with Gasteiger partial charge in [-0.1, -0.05) is 60.7 Å². The molecule has 7 nitrogen and oxygen atoms in total. The number of likely N-dealkylation sites (tertiary alicyclic amines) is 1. The first-order valence-corrected chi connectivity index (χ1v) is 11.5. The second-order valence-electron chi connectivity index (χ2n) is 8.40. The Morgan fingerprint density at radius 3 is 2.11 bits per heavy atom. The van der Waals surface area contributed by atoms with E-state index in [4.69, 9.17) is 5.10 Å². The third-order valence-electron chi connectivity index (χ3n) is 6.01. The van der Waals surface area contributed by atoms with E-state index in [2.05, 4.69) is 5.32 Å². The molecule has 3 amide bonds. The number of nitrogens with one attached hydrogen (secondary N) is 1. The van der Waals surface area contributed by atoms with Gasteiger partial charge in [0.1, 0.15) is 0 Å². The Labute approximate surface area is 203 Å². The number of hydrogen-bond donors (Lipinski definition) is 1. The van der Waals surface area contributed by atoms with Crippen LogP contribution in [0.4, 0.5) is 0 Å². The van der Waals surface area contributed by atoms with Crippen LogP contribution in [0.5, 0.6) is 0 Å². The summed E-state index contributed by atoms with van der Waals surface area (Å²) < 4.78 is 1.82. The van der Waals surface area contributed by atoms with Gasteiger partial charge in [-0.25, -0.2) is 4.68 Å². The lowest BCUT2D eigenvalue weighted by Crippen LogP contribution is -2.28. The van der Waals surface area contributed by atoms with Crippen molar-refractivity contribution in [1.82, 2.24) is 20.0 Å². The van der Waals surface area contributed by atoms with Gasteiger partial charge in [0.25, 0.3) is 5.91 Å². The molecular weight excluding hydrogens is 440 g/mol. The molecule has 35 heavy (non-hydrogen) atoms. The lowest BCUT2D eigenvalue weighted by Gasteiger charge is -2.14. The van der Waals surface area contributed by atoms with Crippen LogP contribution in [-0.2, 0) is 22.7 Å². The maximum Gasteiger partial charge on any atom is 0.251 e. The Balaban J connectivity index is 1.30. The van der Waals surface area contributed by atoms with Crippen molar-refractivity contribution in [3.8, 4) is 16.9 Å².